The summed E-state index contributed by atoms with van der Waals surface area (Å²) in [6.45, 7) is 1.86. The highest BCUT2D eigenvalue weighted by molar-refractivity contribution is 6.32. The van der Waals surface area contributed by atoms with Gasteiger partial charge in [-0.15, -0.1) is 0 Å². The second kappa shape index (κ2) is 6.12. The number of carbonyl (C=O) groups excluding carboxylic acids is 1. The molecule has 0 aromatic heterocycles. The highest BCUT2D eigenvalue weighted by atomic mass is 35.5. The molecule has 0 amide bonds. The van der Waals surface area contributed by atoms with Gasteiger partial charge < -0.3 is 10.1 Å². The molecule has 1 N–H and O–H groups in total. The first-order chi connectivity index (χ1) is 8.06. The molecule has 4 nitrogen and oxygen atoms in total. The minimum Gasteiger partial charge on any atom is -0.469 e. The molecule has 0 spiro atoms. The Morgan fingerprint density at radius 2 is 2.35 bits per heavy atom. The van der Waals surface area contributed by atoms with Crippen LogP contribution in [0.1, 0.15) is 18.9 Å². The van der Waals surface area contributed by atoms with E-state index < -0.39 is 0 Å². The lowest BCUT2D eigenvalue weighted by Crippen LogP contribution is -2.20. The molecule has 1 aromatic rings. The van der Waals surface area contributed by atoms with Crippen molar-refractivity contribution in [1.29, 1.82) is 5.26 Å². The minimum absolute atomic E-state index is 0.0635. The van der Waals surface area contributed by atoms with Gasteiger partial charge in [-0.2, -0.15) is 5.26 Å². The normalized spacial score (nSPS) is 11.4. The van der Waals surface area contributed by atoms with Crippen molar-refractivity contribution in [3.05, 3.63) is 28.8 Å². The second-order valence-corrected chi connectivity index (χ2v) is 4.04. The van der Waals surface area contributed by atoms with E-state index in [1.165, 1.54) is 7.11 Å². The van der Waals surface area contributed by atoms with Crippen molar-refractivity contribution in [3.63, 3.8) is 0 Å². The Morgan fingerprint density at radius 1 is 1.65 bits per heavy atom. The molecule has 0 bridgehead atoms. The monoisotopic (exact) mass is 252 g/mol. The van der Waals surface area contributed by atoms with Gasteiger partial charge in [-0.25, -0.2) is 0 Å². The zero-order valence-electron chi connectivity index (χ0n) is 9.66. The minimum atomic E-state index is -0.273. The summed E-state index contributed by atoms with van der Waals surface area (Å²) < 4.78 is 4.57. The third-order valence-electron chi connectivity index (χ3n) is 2.20. The van der Waals surface area contributed by atoms with E-state index in [4.69, 9.17) is 16.9 Å². The average molecular weight is 253 g/mol. The molecule has 0 fully saturated rings. The van der Waals surface area contributed by atoms with Crippen LogP contribution < -0.4 is 5.32 Å². The number of nitrogens with one attached hydrogen (secondary N) is 1. The van der Waals surface area contributed by atoms with E-state index in [0.29, 0.717) is 10.6 Å². The summed E-state index contributed by atoms with van der Waals surface area (Å²) in [6, 6.07) is 6.96. The summed E-state index contributed by atoms with van der Waals surface area (Å²) in [4.78, 5) is 11.0. The van der Waals surface area contributed by atoms with Crippen LogP contribution in [0, 0.1) is 11.3 Å². The molecule has 0 radical (unpaired) electrons. The van der Waals surface area contributed by atoms with Gasteiger partial charge in [0, 0.05) is 11.7 Å². The van der Waals surface area contributed by atoms with Gasteiger partial charge >= 0.3 is 5.97 Å². The van der Waals surface area contributed by atoms with E-state index in [1.807, 2.05) is 13.0 Å². The molecule has 1 atom stereocenters. The maximum atomic E-state index is 11.0. The van der Waals surface area contributed by atoms with Crippen molar-refractivity contribution in [1.82, 2.24) is 0 Å². The fourth-order valence-corrected chi connectivity index (χ4v) is 1.59. The zero-order chi connectivity index (χ0) is 12.8. The zero-order valence-corrected chi connectivity index (χ0v) is 10.4. The molecule has 0 heterocycles. The van der Waals surface area contributed by atoms with Crippen LogP contribution >= 0.6 is 11.6 Å². The summed E-state index contributed by atoms with van der Waals surface area (Å²) in [5, 5.41) is 12.2. The predicted octanol–water partition coefficient (Wildman–Crippen LogP) is 2.58. The first-order valence-corrected chi connectivity index (χ1v) is 5.47. The lowest BCUT2D eigenvalue weighted by molar-refractivity contribution is -0.140. The van der Waals surface area contributed by atoms with E-state index >= 15 is 0 Å². The maximum Gasteiger partial charge on any atom is 0.307 e. The number of methoxy groups -OCH3 is 1. The van der Waals surface area contributed by atoms with Crippen LogP contribution in [0.15, 0.2) is 18.2 Å². The molecule has 0 saturated heterocycles. The Balaban J connectivity index is 2.66. The Morgan fingerprint density at radius 3 is 2.88 bits per heavy atom. The number of rotatable bonds is 4. The number of hydrogen-bond acceptors (Lipinski definition) is 4. The molecule has 1 aromatic carbocycles. The van der Waals surface area contributed by atoms with Crippen molar-refractivity contribution in [2.24, 2.45) is 0 Å². The van der Waals surface area contributed by atoms with Crippen LogP contribution in [0.5, 0.6) is 0 Å². The summed E-state index contributed by atoms with van der Waals surface area (Å²) >= 11 is 5.89. The van der Waals surface area contributed by atoms with Gasteiger partial charge in [-0.05, 0) is 25.1 Å². The molecule has 0 aliphatic heterocycles. The van der Waals surface area contributed by atoms with Crippen molar-refractivity contribution in [2.75, 3.05) is 12.4 Å². The summed E-state index contributed by atoms with van der Waals surface area (Å²) in [7, 11) is 1.35. The van der Waals surface area contributed by atoms with Crippen LogP contribution in [0.4, 0.5) is 5.69 Å². The molecule has 0 aliphatic carbocycles. The molecule has 0 aliphatic rings. The first kappa shape index (κ1) is 13.3. The number of esters is 1. The van der Waals surface area contributed by atoms with Crippen molar-refractivity contribution in [2.45, 2.75) is 19.4 Å². The first-order valence-electron chi connectivity index (χ1n) is 5.09. The third kappa shape index (κ3) is 3.97. The number of nitrogens with zero attached hydrogens (tertiary/aromatic N) is 1. The number of halogens is 1. The smallest absolute Gasteiger partial charge is 0.307 e. The Labute approximate surface area is 105 Å². The van der Waals surface area contributed by atoms with Crippen LogP contribution in [-0.2, 0) is 9.53 Å². The molecule has 0 saturated carbocycles. The fourth-order valence-electron chi connectivity index (χ4n) is 1.36. The van der Waals surface area contributed by atoms with Crippen molar-refractivity contribution in [3.8, 4) is 6.07 Å². The quantitative estimate of drug-likeness (QED) is 0.837. The number of hydrogen-bond donors (Lipinski definition) is 1. The fraction of sp³-hybridized carbons (Fsp3) is 0.333. The molecule has 1 rings (SSSR count). The van der Waals surface area contributed by atoms with Crippen molar-refractivity contribution < 1.29 is 9.53 Å². The van der Waals surface area contributed by atoms with Gasteiger partial charge in [-0.1, -0.05) is 11.6 Å². The van der Waals surface area contributed by atoms with Crippen LogP contribution in [0.3, 0.4) is 0 Å². The number of carbonyl (C=O) groups is 1. The Hall–Kier alpha value is -1.73. The lowest BCUT2D eigenvalue weighted by Gasteiger charge is -2.14. The molecule has 1 unspecified atom stereocenters. The van der Waals surface area contributed by atoms with Gasteiger partial charge in [0.25, 0.3) is 0 Å². The molecular formula is C12H13ClN2O2. The van der Waals surface area contributed by atoms with Gasteiger partial charge in [-0.3, -0.25) is 4.79 Å². The number of nitriles is 1. The third-order valence-corrected chi connectivity index (χ3v) is 2.52. The molecule has 5 heteroatoms. The number of ether oxygens (including phenoxy) is 1. The van der Waals surface area contributed by atoms with Gasteiger partial charge in [0.15, 0.2) is 0 Å². The van der Waals surface area contributed by atoms with Crippen molar-refractivity contribution >= 4 is 23.3 Å². The molecule has 90 valence electrons. The largest absolute Gasteiger partial charge is 0.469 e. The topological polar surface area (TPSA) is 62.1 Å². The number of benzene rings is 1. The predicted molar refractivity (Wildman–Crippen MR) is 65.9 cm³/mol. The Kier molecular flexibility index (Phi) is 4.80. The van der Waals surface area contributed by atoms with E-state index in [9.17, 15) is 4.79 Å². The van der Waals surface area contributed by atoms with E-state index in [0.717, 1.165) is 5.69 Å². The van der Waals surface area contributed by atoms with Crippen LogP contribution in [0.25, 0.3) is 0 Å². The Bertz CT molecular complexity index is 454. The maximum absolute atomic E-state index is 11.0. The summed E-state index contributed by atoms with van der Waals surface area (Å²) in [6.07, 6.45) is 0.272. The average Bonchev–Trinajstić information content (AvgIpc) is 2.29. The standard InChI is InChI=1S/C12H13ClN2O2/c1-8(5-12(16)17-2)15-10-4-3-9(7-14)11(13)6-10/h3-4,6,8,15H,5H2,1-2H3. The lowest BCUT2D eigenvalue weighted by atomic mass is 10.2. The van der Waals surface area contributed by atoms with Gasteiger partial charge in [0.2, 0.25) is 0 Å². The van der Waals surface area contributed by atoms with Gasteiger partial charge in [0.05, 0.1) is 24.1 Å². The molecule has 17 heavy (non-hydrogen) atoms. The second-order valence-electron chi connectivity index (χ2n) is 3.63. The number of anilines is 1. The van der Waals surface area contributed by atoms with Crippen LogP contribution in [0.2, 0.25) is 5.02 Å². The van der Waals surface area contributed by atoms with E-state index in [-0.39, 0.29) is 18.4 Å². The summed E-state index contributed by atoms with van der Waals surface area (Å²) in [5.74, 6) is -0.273. The highest BCUT2D eigenvalue weighted by Crippen LogP contribution is 2.21. The molecular weight excluding hydrogens is 240 g/mol. The summed E-state index contributed by atoms with van der Waals surface area (Å²) in [5.41, 5.74) is 1.20. The van der Waals surface area contributed by atoms with E-state index in [1.54, 1.807) is 18.2 Å². The SMILES string of the molecule is COC(=O)CC(C)Nc1ccc(C#N)c(Cl)c1. The van der Waals surface area contributed by atoms with Crippen LogP contribution in [-0.4, -0.2) is 19.1 Å². The highest BCUT2D eigenvalue weighted by Gasteiger charge is 2.09. The van der Waals surface area contributed by atoms with E-state index in [2.05, 4.69) is 10.1 Å². The van der Waals surface area contributed by atoms with Gasteiger partial charge in [0.1, 0.15) is 6.07 Å².